The van der Waals surface area contributed by atoms with Crippen molar-refractivity contribution in [1.82, 2.24) is 10.2 Å². The quantitative estimate of drug-likeness (QED) is 0.733. The Kier molecular flexibility index (Phi) is 11.1. The van der Waals surface area contributed by atoms with E-state index in [1.165, 1.54) is 0 Å². The van der Waals surface area contributed by atoms with Crippen LogP contribution in [0.1, 0.15) is 38.8 Å². The van der Waals surface area contributed by atoms with Gasteiger partial charge in [-0.25, -0.2) is 0 Å². The Morgan fingerprint density at radius 1 is 1.35 bits per heavy atom. The number of nitrogens with zero attached hydrogens (tertiary/aromatic N) is 1. The van der Waals surface area contributed by atoms with E-state index in [2.05, 4.69) is 24.1 Å². The van der Waals surface area contributed by atoms with Crippen molar-refractivity contribution in [3.05, 3.63) is 34.9 Å². The number of halogens is 3. The molecule has 150 valence electrons. The van der Waals surface area contributed by atoms with Crippen molar-refractivity contribution in [2.75, 3.05) is 26.2 Å². The van der Waals surface area contributed by atoms with Gasteiger partial charge in [0.1, 0.15) is 0 Å². The first kappa shape index (κ1) is 25.4. The molecule has 1 saturated heterocycles. The Labute approximate surface area is 173 Å². The molecule has 0 spiro atoms. The second kappa shape index (κ2) is 11.3. The van der Waals surface area contributed by atoms with E-state index in [4.69, 9.17) is 22.1 Å². The van der Waals surface area contributed by atoms with Crippen molar-refractivity contribution in [3.8, 4) is 0 Å². The molecule has 26 heavy (non-hydrogen) atoms. The van der Waals surface area contributed by atoms with Crippen LogP contribution in [-0.2, 0) is 9.53 Å². The van der Waals surface area contributed by atoms with Gasteiger partial charge in [-0.05, 0) is 38.5 Å². The number of benzene rings is 1. The van der Waals surface area contributed by atoms with E-state index in [-0.39, 0.29) is 48.4 Å². The van der Waals surface area contributed by atoms with E-state index in [1.54, 1.807) is 0 Å². The van der Waals surface area contributed by atoms with Gasteiger partial charge in [0.25, 0.3) is 0 Å². The SMILES string of the molecule is CC(N)CC(=O)NCC(c1ccc(Cl)cc1)N1CCOC(C)(C)C1.Cl.Cl. The third-order valence-corrected chi connectivity index (χ3v) is 4.40. The fraction of sp³-hybridized carbons (Fsp3) is 0.611. The Bertz CT molecular complexity index is 553. The fourth-order valence-electron chi connectivity index (χ4n) is 3.04. The zero-order valence-electron chi connectivity index (χ0n) is 15.5. The highest BCUT2D eigenvalue weighted by Gasteiger charge is 2.32. The van der Waals surface area contributed by atoms with Gasteiger partial charge in [-0.2, -0.15) is 0 Å². The molecule has 8 heteroatoms. The van der Waals surface area contributed by atoms with E-state index in [0.717, 1.165) is 18.7 Å². The monoisotopic (exact) mass is 425 g/mol. The smallest absolute Gasteiger partial charge is 0.221 e. The average Bonchev–Trinajstić information content (AvgIpc) is 2.47. The molecule has 1 fully saturated rings. The minimum Gasteiger partial charge on any atom is -0.373 e. The lowest BCUT2D eigenvalue weighted by molar-refractivity contribution is -0.122. The zero-order chi connectivity index (χ0) is 17.7. The van der Waals surface area contributed by atoms with E-state index < -0.39 is 0 Å². The van der Waals surface area contributed by atoms with Crippen molar-refractivity contribution in [2.24, 2.45) is 5.73 Å². The van der Waals surface area contributed by atoms with Crippen LogP contribution in [0.2, 0.25) is 5.02 Å². The van der Waals surface area contributed by atoms with Crippen LogP contribution in [0.15, 0.2) is 24.3 Å². The highest BCUT2D eigenvalue weighted by Crippen LogP contribution is 2.27. The molecule has 1 aromatic carbocycles. The maximum absolute atomic E-state index is 12.0. The van der Waals surface area contributed by atoms with Crippen LogP contribution in [0.25, 0.3) is 0 Å². The summed E-state index contributed by atoms with van der Waals surface area (Å²) in [6.07, 6.45) is 0.335. The Balaban J connectivity index is 0.00000312. The normalized spacial score (nSPS) is 18.8. The molecule has 0 aliphatic carbocycles. The van der Waals surface area contributed by atoms with Crippen LogP contribution in [-0.4, -0.2) is 48.7 Å². The van der Waals surface area contributed by atoms with Gasteiger partial charge in [-0.15, -0.1) is 24.8 Å². The Hall–Kier alpha value is -0.560. The number of ether oxygens (including phenoxy) is 1. The lowest BCUT2D eigenvalue weighted by Gasteiger charge is -2.42. The number of nitrogens with two attached hydrogens (primary N) is 1. The average molecular weight is 427 g/mol. The first-order valence-corrected chi connectivity index (χ1v) is 8.80. The van der Waals surface area contributed by atoms with E-state index in [0.29, 0.717) is 24.6 Å². The Morgan fingerprint density at radius 2 is 1.96 bits per heavy atom. The predicted octanol–water partition coefficient (Wildman–Crippen LogP) is 3.19. The molecule has 0 radical (unpaired) electrons. The Morgan fingerprint density at radius 3 is 2.50 bits per heavy atom. The van der Waals surface area contributed by atoms with Crippen molar-refractivity contribution in [3.63, 3.8) is 0 Å². The summed E-state index contributed by atoms with van der Waals surface area (Å²) in [5.41, 5.74) is 6.64. The van der Waals surface area contributed by atoms with Crippen molar-refractivity contribution in [1.29, 1.82) is 0 Å². The topological polar surface area (TPSA) is 67.6 Å². The summed E-state index contributed by atoms with van der Waals surface area (Å²) in [6.45, 7) is 8.89. The summed E-state index contributed by atoms with van der Waals surface area (Å²) in [7, 11) is 0. The van der Waals surface area contributed by atoms with Gasteiger partial charge in [0, 0.05) is 37.1 Å². The standard InChI is InChI=1S/C18H28ClN3O2.2ClH/c1-13(20)10-17(23)21-11-16(14-4-6-15(19)7-5-14)22-8-9-24-18(2,3)12-22;;/h4-7,13,16H,8-12,20H2,1-3H3,(H,21,23);2*1H. The van der Waals surface area contributed by atoms with Crippen molar-refractivity contribution < 1.29 is 9.53 Å². The molecular weight excluding hydrogens is 397 g/mol. The molecule has 1 heterocycles. The molecule has 3 N–H and O–H groups in total. The van der Waals surface area contributed by atoms with Gasteiger partial charge in [-0.3, -0.25) is 9.69 Å². The lowest BCUT2D eigenvalue weighted by atomic mass is 10.0. The number of carbonyl (C=O) groups is 1. The van der Waals surface area contributed by atoms with Gasteiger partial charge in [0.15, 0.2) is 0 Å². The van der Waals surface area contributed by atoms with Crippen LogP contribution in [0.5, 0.6) is 0 Å². The van der Waals surface area contributed by atoms with Gasteiger partial charge >= 0.3 is 0 Å². The summed E-state index contributed by atoms with van der Waals surface area (Å²) >= 11 is 6.02. The highest BCUT2D eigenvalue weighted by molar-refractivity contribution is 6.30. The summed E-state index contributed by atoms with van der Waals surface area (Å²) in [4.78, 5) is 14.4. The number of amides is 1. The molecule has 1 amide bonds. The third kappa shape index (κ3) is 7.99. The molecule has 1 aliphatic rings. The second-order valence-corrected chi connectivity index (χ2v) is 7.57. The predicted molar refractivity (Wildman–Crippen MR) is 112 cm³/mol. The molecule has 1 aliphatic heterocycles. The minimum absolute atomic E-state index is 0. The molecule has 2 atom stereocenters. The molecule has 2 unspecified atom stereocenters. The first-order chi connectivity index (χ1) is 11.3. The van der Waals surface area contributed by atoms with Crippen LogP contribution in [0, 0.1) is 0 Å². The second-order valence-electron chi connectivity index (χ2n) is 7.13. The zero-order valence-corrected chi connectivity index (χ0v) is 17.9. The van der Waals surface area contributed by atoms with E-state index in [9.17, 15) is 4.79 Å². The third-order valence-electron chi connectivity index (χ3n) is 4.15. The number of carbonyl (C=O) groups excluding carboxylic acids is 1. The fourth-order valence-corrected chi connectivity index (χ4v) is 3.16. The number of hydrogen-bond donors (Lipinski definition) is 2. The highest BCUT2D eigenvalue weighted by atomic mass is 35.5. The molecule has 0 saturated carbocycles. The maximum atomic E-state index is 12.0. The summed E-state index contributed by atoms with van der Waals surface area (Å²) in [6, 6.07) is 7.77. The van der Waals surface area contributed by atoms with Crippen LogP contribution < -0.4 is 11.1 Å². The molecule has 0 bridgehead atoms. The molecular formula is C18H30Cl3N3O2. The minimum atomic E-state index is -0.196. The molecule has 2 rings (SSSR count). The van der Waals surface area contributed by atoms with Gasteiger partial charge < -0.3 is 15.8 Å². The first-order valence-electron chi connectivity index (χ1n) is 8.42. The number of morpholine rings is 1. The number of rotatable bonds is 6. The van der Waals surface area contributed by atoms with E-state index in [1.807, 2.05) is 31.2 Å². The van der Waals surface area contributed by atoms with Crippen molar-refractivity contribution >= 4 is 42.3 Å². The molecule has 1 aromatic rings. The summed E-state index contributed by atoms with van der Waals surface area (Å²) in [5, 5.41) is 3.73. The summed E-state index contributed by atoms with van der Waals surface area (Å²) < 4.78 is 5.81. The molecule has 0 aromatic heterocycles. The number of nitrogens with one attached hydrogen (secondary N) is 1. The largest absolute Gasteiger partial charge is 0.373 e. The maximum Gasteiger partial charge on any atom is 0.221 e. The van der Waals surface area contributed by atoms with Gasteiger partial charge in [0.2, 0.25) is 5.91 Å². The van der Waals surface area contributed by atoms with Crippen LogP contribution in [0.3, 0.4) is 0 Å². The van der Waals surface area contributed by atoms with Crippen molar-refractivity contribution in [2.45, 2.75) is 44.9 Å². The van der Waals surface area contributed by atoms with E-state index >= 15 is 0 Å². The molecule has 5 nitrogen and oxygen atoms in total. The van der Waals surface area contributed by atoms with Crippen LogP contribution in [0.4, 0.5) is 0 Å². The van der Waals surface area contributed by atoms with Crippen LogP contribution >= 0.6 is 36.4 Å². The summed E-state index contributed by atoms with van der Waals surface area (Å²) in [5.74, 6) is -0.0171. The van der Waals surface area contributed by atoms with Gasteiger partial charge in [-0.1, -0.05) is 23.7 Å². The van der Waals surface area contributed by atoms with Gasteiger partial charge in [0.05, 0.1) is 18.2 Å². The number of hydrogen-bond acceptors (Lipinski definition) is 4. The lowest BCUT2D eigenvalue weighted by Crippen LogP contribution is -2.51.